The van der Waals surface area contributed by atoms with Crippen molar-refractivity contribution in [1.82, 2.24) is 4.90 Å². The van der Waals surface area contributed by atoms with Crippen LogP contribution in [0.15, 0.2) is 0 Å². The summed E-state index contributed by atoms with van der Waals surface area (Å²) < 4.78 is 5.47. The molecule has 0 fully saturated rings. The summed E-state index contributed by atoms with van der Waals surface area (Å²) in [5.74, 6) is 0. The highest BCUT2D eigenvalue weighted by molar-refractivity contribution is 4.70. The summed E-state index contributed by atoms with van der Waals surface area (Å²) in [6.45, 7) is 12.9. The maximum Gasteiger partial charge on any atom is 0.0641 e. The van der Waals surface area contributed by atoms with Crippen LogP contribution in [0.1, 0.15) is 27.7 Å². The highest BCUT2D eigenvalue weighted by atomic mass is 16.5. The number of rotatable bonds is 7. The van der Waals surface area contributed by atoms with Crippen molar-refractivity contribution in [2.24, 2.45) is 5.73 Å². The molecule has 0 amide bonds. The minimum Gasteiger partial charge on any atom is -0.378 e. The van der Waals surface area contributed by atoms with Gasteiger partial charge in [0.2, 0.25) is 0 Å². The van der Waals surface area contributed by atoms with Gasteiger partial charge in [-0.25, -0.2) is 0 Å². The van der Waals surface area contributed by atoms with Gasteiger partial charge in [-0.15, -0.1) is 0 Å². The number of nitrogens with zero attached hydrogens (tertiary/aromatic N) is 1. The molecule has 0 heterocycles. The van der Waals surface area contributed by atoms with Crippen LogP contribution in [0.4, 0.5) is 0 Å². The van der Waals surface area contributed by atoms with E-state index < -0.39 is 0 Å². The predicted molar refractivity (Wildman–Crippen MR) is 56.9 cm³/mol. The molecule has 0 aromatic carbocycles. The van der Waals surface area contributed by atoms with Crippen molar-refractivity contribution in [3.63, 3.8) is 0 Å². The number of hydrogen-bond acceptors (Lipinski definition) is 3. The summed E-state index contributed by atoms with van der Waals surface area (Å²) in [4.78, 5) is 2.34. The zero-order valence-electron chi connectivity index (χ0n) is 9.47. The van der Waals surface area contributed by atoms with Crippen molar-refractivity contribution in [1.29, 1.82) is 0 Å². The van der Waals surface area contributed by atoms with Gasteiger partial charge in [-0.3, -0.25) is 0 Å². The van der Waals surface area contributed by atoms with Crippen molar-refractivity contribution in [2.75, 3.05) is 32.8 Å². The zero-order valence-corrected chi connectivity index (χ0v) is 9.47. The van der Waals surface area contributed by atoms with E-state index in [1.807, 2.05) is 13.8 Å². The van der Waals surface area contributed by atoms with Crippen molar-refractivity contribution >= 4 is 0 Å². The van der Waals surface area contributed by atoms with Gasteiger partial charge in [0.05, 0.1) is 13.2 Å². The van der Waals surface area contributed by atoms with Crippen molar-refractivity contribution in [2.45, 2.75) is 33.2 Å². The van der Waals surface area contributed by atoms with Crippen LogP contribution in [0, 0.1) is 0 Å². The Labute approximate surface area is 82.2 Å². The highest BCUT2D eigenvalue weighted by Gasteiger charge is 2.10. The standard InChI is InChI=1S/C10H24N2O/c1-5-12(6-2)7-8-13-9-10(3,4)11/h5-9,11H2,1-4H3. The third-order valence-electron chi connectivity index (χ3n) is 1.92. The molecule has 0 aromatic heterocycles. The van der Waals surface area contributed by atoms with Gasteiger partial charge in [-0.05, 0) is 26.9 Å². The van der Waals surface area contributed by atoms with Crippen LogP contribution in [0.3, 0.4) is 0 Å². The third-order valence-corrected chi connectivity index (χ3v) is 1.92. The van der Waals surface area contributed by atoms with Crippen LogP contribution in [0.2, 0.25) is 0 Å². The monoisotopic (exact) mass is 188 g/mol. The van der Waals surface area contributed by atoms with Crippen LogP contribution < -0.4 is 5.73 Å². The lowest BCUT2D eigenvalue weighted by Gasteiger charge is -2.21. The molecule has 0 bridgehead atoms. The first-order chi connectivity index (χ1) is 5.99. The molecule has 80 valence electrons. The Morgan fingerprint density at radius 2 is 1.77 bits per heavy atom. The quantitative estimate of drug-likeness (QED) is 0.608. The summed E-state index contributed by atoms with van der Waals surface area (Å²) in [7, 11) is 0. The van der Waals surface area contributed by atoms with Gasteiger partial charge in [-0.1, -0.05) is 13.8 Å². The Kier molecular flexibility index (Phi) is 6.29. The lowest BCUT2D eigenvalue weighted by molar-refractivity contribution is 0.0781. The van der Waals surface area contributed by atoms with Gasteiger partial charge in [0.15, 0.2) is 0 Å². The Balaban J connectivity index is 3.34. The molecule has 0 rings (SSSR count). The van der Waals surface area contributed by atoms with Gasteiger partial charge in [0, 0.05) is 12.1 Å². The van der Waals surface area contributed by atoms with E-state index in [1.54, 1.807) is 0 Å². The van der Waals surface area contributed by atoms with E-state index in [2.05, 4.69) is 18.7 Å². The Morgan fingerprint density at radius 3 is 2.15 bits per heavy atom. The molecule has 0 unspecified atom stereocenters. The van der Waals surface area contributed by atoms with Crippen molar-refractivity contribution in [3.05, 3.63) is 0 Å². The molecular weight excluding hydrogens is 164 g/mol. The highest BCUT2D eigenvalue weighted by Crippen LogP contribution is 1.97. The Morgan fingerprint density at radius 1 is 1.23 bits per heavy atom. The molecule has 0 aliphatic rings. The molecule has 0 aromatic rings. The largest absolute Gasteiger partial charge is 0.378 e. The number of hydrogen-bond donors (Lipinski definition) is 1. The fourth-order valence-corrected chi connectivity index (χ4v) is 1.07. The fraction of sp³-hybridized carbons (Fsp3) is 1.00. The van der Waals surface area contributed by atoms with E-state index in [4.69, 9.17) is 10.5 Å². The normalized spacial score (nSPS) is 12.5. The molecule has 0 aliphatic carbocycles. The lowest BCUT2D eigenvalue weighted by Crippen LogP contribution is -2.38. The van der Waals surface area contributed by atoms with Crippen LogP contribution in [-0.2, 0) is 4.74 Å². The van der Waals surface area contributed by atoms with E-state index in [1.165, 1.54) is 0 Å². The van der Waals surface area contributed by atoms with Crippen molar-refractivity contribution in [3.8, 4) is 0 Å². The summed E-state index contributed by atoms with van der Waals surface area (Å²) in [5.41, 5.74) is 5.57. The summed E-state index contributed by atoms with van der Waals surface area (Å²) in [6.07, 6.45) is 0. The molecular formula is C10H24N2O. The Bertz CT molecular complexity index is 117. The van der Waals surface area contributed by atoms with Crippen LogP contribution in [-0.4, -0.2) is 43.3 Å². The molecule has 0 radical (unpaired) electrons. The van der Waals surface area contributed by atoms with Gasteiger partial charge in [0.1, 0.15) is 0 Å². The average molecular weight is 188 g/mol. The average Bonchev–Trinajstić information content (AvgIpc) is 2.03. The second kappa shape index (κ2) is 6.35. The lowest BCUT2D eigenvalue weighted by atomic mass is 10.1. The van der Waals surface area contributed by atoms with Gasteiger partial charge in [0.25, 0.3) is 0 Å². The molecule has 0 aliphatic heterocycles. The number of likely N-dealkylation sites (N-methyl/N-ethyl adjacent to an activating group) is 1. The van der Waals surface area contributed by atoms with Gasteiger partial charge in [-0.2, -0.15) is 0 Å². The number of ether oxygens (including phenoxy) is 1. The van der Waals surface area contributed by atoms with E-state index in [-0.39, 0.29) is 5.54 Å². The predicted octanol–water partition coefficient (Wildman–Crippen LogP) is 1.08. The maximum atomic E-state index is 5.78. The molecule has 13 heavy (non-hydrogen) atoms. The SMILES string of the molecule is CCN(CC)CCOCC(C)(C)N. The van der Waals surface area contributed by atoms with Gasteiger partial charge >= 0.3 is 0 Å². The first-order valence-corrected chi connectivity index (χ1v) is 5.08. The van der Waals surface area contributed by atoms with Crippen LogP contribution in [0.25, 0.3) is 0 Å². The van der Waals surface area contributed by atoms with Crippen LogP contribution in [0.5, 0.6) is 0 Å². The van der Waals surface area contributed by atoms with E-state index >= 15 is 0 Å². The van der Waals surface area contributed by atoms with E-state index in [0.29, 0.717) is 6.61 Å². The first kappa shape index (κ1) is 12.9. The molecule has 0 spiro atoms. The van der Waals surface area contributed by atoms with Crippen molar-refractivity contribution < 1.29 is 4.74 Å². The second-order valence-electron chi connectivity index (χ2n) is 4.07. The summed E-state index contributed by atoms with van der Waals surface area (Å²) in [5, 5.41) is 0. The first-order valence-electron chi connectivity index (χ1n) is 5.08. The molecule has 0 saturated carbocycles. The molecule has 2 N–H and O–H groups in total. The Hall–Kier alpha value is -0.120. The third kappa shape index (κ3) is 8.22. The topological polar surface area (TPSA) is 38.5 Å². The summed E-state index contributed by atoms with van der Waals surface area (Å²) >= 11 is 0. The molecule has 0 atom stereocenters. The number of nitrogens with two attached hydrogens (primary N) is 1. The minimum atomic E-state index is -0.205. The van der Waals surface area contributed by atoms with E-state index in [0.717, 1.165) is 26.2 Å². The van der Waals surface area contributed by atoms with Gasteiger partial charge < -0.3 is 15.4 Å². The van der Waals surface area contributed by atoms with E-state index in [9.17, 15) is 0 Å². The fourth-order valence-electron chi connectivity index (χ4n) is 1.07. The molecule has 3 heteroatoms. The zero-order chi connectivity index (χ0) is 10.3. The minimum absolute atomic E-state index is 0.205. The molecule has 0 saturated heterocycles. The maximum absolute atomic E-state index is 5.78. The summed E-state index contributed by atoms with van der Waals surface area (Å²) in [6, 6.07) is 0. The smallest absolute Gasteiger partial charge is 0.0641 e. The van der Waals surface area contributed by atoms with Crippen LogP contribution >= 0.6 is 0 Å². The second-order valence-corrected chi connectivity index (χ2v) is 4.07. The molecule has 3 nitrogen and oxygen atoms in total.